The number of halogens is 2. The van der Waals surface area contributed by atoms with Crippen LogP contribution in [0.5, 0.6) is 5.75 Å². The average Bonchev–Trinajstić information content (AvgIpc) is 2.45. The van der Waals surface area contributed by atoms with Gasteiger partial charge >= 0.3 is 0 Å². The summed E-state index contributed by atoms with van der Waals surface area (Å²) in [5.41, 5.74) is 1.77. The van der Waals surface area contributed by atoms with Crippen molar-refractivity contribution in [2.75, 3.05) is 0 Å². The standard InChI is InChI=1S/C15H10Cl2N2O/c16-14-12-7-6-11(8-13(12)18-15(17)19-14)20-9-10-4-2-1-3-5-10/h1-8H,9H2. The highest BCUT2D eigenvalue weighted by Crippen LogP contribution is 2.26. The Labute approximate surface area is 126 Å². The van der Waals surface area contributed by atoms with Crippen molar-refractivity contribution < 1.29 is 4.74 Å². The van der Waals surface area contributed by atoms with Crippen LogP contribution in [0.3, 0.4) is 0 Å². The van der Waals surface area contributed by atoms with Gasteiger partial charge in [-0.05, 0) is 29.3 Å². The number of hydrogen-bond acceptors (Lipinski definition) is 3. The van der Waals surface area contributed by atoms with Gasteiger partial charge in [0, 0.05) is 11.5 Å². The predicted octanol–water partition coefficient (Wildman–Crippen LogP) is 4.52. The quantitative estimate of drug-likeness (QED) is 0.527. The Morgan fingerprint density at radius 3 is 2.55 bits per heavy atom. The van der Waals surface area contributed by atoms with Crippen molar-refractivity contribution in [3.05, 3.63) is 64.5 Å². The molecule has 0 aliphatic heterocycles. The Hall–Kier alpha value is -1.84. The Kier molecular flexibility index (Phi) is 3.72. The Balaban J connectivity index is 1.86. The molecule has 1 heterocycles. The van der Waals surface area contributed by atoms with Gasteiger partial charge < -0.3 is 4.74 Å². The Bertz CT molecular complexity index is 747. The minimum atomic E-state index is 0.128. The molecule has 0 atom stereocenters. The topological polar surface area (TPSA) is 35.0 Å². The van der Waals surface area contributed by atoms with Crippen LogP contribution in [-0.2, 0) is 6.61 Å². The molecular weight excluding hydrogens is 295 g/mol. The van der Waals surface area contributed by atoms with Crippen LogP contribution in [0.4, 0.5) is 0 Å². The minimum absolute atomic E-state index is 0.128. The number of hydrogen-bond donors (Lipinski definition) is 0. The van der Waals surface area contributed by atoms with Crippen LogP contribution in [0.2, 0.25) is 10.4 Å². The van der Waals surface area contributed by atoms with Gasteiger partial charge in [0.05, 0.1) is 5.52 Å². The number of rotatable bonds is 3. The van der Waals surface area contributed by atoms with Crippen molar-refractivity contribution in [3.63, 3.8) is 0 Å². The fraction of sp³-hybridized carbons (Fsp3) is 0.0667. The SMILES string of the molecule is Clc1nc(Cl)c2ccc(OCc3ccccc3)cc2n1. The van der Waals surface area contributed by atoms with E-state index in [9.17, 15) is 0 Å². The Morgan fingerprint density at radius 1 is 0.950 bits per heavy atom. The van der Waals surface area contributed by atoms with E-state index in [1.165, 1.54) is 0 Å². The fourth-order valence-electron chi connectivity index (χ4n) is 1.87. The largest absolute Gasteiger partial charge is 0.489 e. The highest BCUT2D eigenvalue weighted by molar-refractivity contribution is 6.35. The summed E-state index contributed by atoms with van der Waals surface area (Å²) >= 11 is 11.8. The average molecular weight is 305 g/mol. The first-order chi connectivity index (χ1) is 9.72. The molecule has 0 aliphatic carbocycles. The van der Waals surface area contributed by atoms with Gasteiger partial charge in [0.2, 0.25) is 5.28 Å². The molecule has 3 aromatic rings. The highest BCUT2D eigenvalue weighted by atomic mass is 35.5. The van der Waals surface area contributed by atoms with Gasteiger partial charge in [-0.15, -0.1) is 0 Å². The van der Waals surface area contributed by atoms with Crippen molar-refractivity contribution in [2.45, 2.75) is 6.61 Å². The molecule has 0 amide bonds. The van der Waals surface area contributed by atoms with E-state index in [1.807, 2.05) is 42.5 Å². The van der Waals surface area contributed by atoms with Crippen LogP contribution in [0.1, 0.15) is 5.56 Å². The maximum Gasteiger partial charge on any atom is 0.224 e. The molecule has 0 fully saturated rings. The van der Waals surface area contributed by atoms with Crippen molar-refractivity contribution in [3.8, 4) is 5.75 Å². The van der Waals surface area contributed by atoms with E-state index in [1.54, 1.807) is 6.07 Å². The van der Waals surface area contributed by atoms with Crippen LogP contribution in [0.15, 0.2) is 48.5 Å². The second kappa shape index (κ2) is 5.65. The molecule has 0 aliphatic rings. The van der Waals surface area contributed by atoms with Crippen molar-refractivity contribution >= 4 is 34.1 Å². The third kappa shape index (κ3) is 2.84. The zero-order chi connectivity index (χ0) is 13.9. The number of nitrogens with zero attached hydrogens (tertiary/aromatic N) is 2. The smallest absolute Gasteiger partial charge is 0.224 e. The van der Waals surface area contributed by atoms with E-state index in [0.29, 0.717) is 23.0 Å². The van der Waals surface area contributed by atoms with Gasteiger partial charge in [-0.2, -0.15) is 0 Å². The molecule has 3 rings (SSSR count). The molecule has 0 spiro atoms. The lowest BCUT2D eigenvalue weighted by Crippen LogP contribution is -1.95. The van der Waals surface area contributed by atoms with Crippen LogP contribution in [0.25, 0.3) is 10.9 Å². The molecule has 0 N–H and O–H groups in total. The fourth-order valence-corrected chi connectivity index (χ4v) is 2.33. The van der Waals surface area contributed by atoms with Crippen LogP contribution in [0, 0.1) is 0 Å². The predicted molar refractivity (Wildman–Crippen MR) is 80.3 cm³/mol. The van der Waals surface area contributed by atoms with Crippen molar-refractivity contribution in [1.82, 2.24) is 9.97 Å². The molecule has 0 saturated heterocycles. The molecule has 5 heteroatoms. The third-order valence-corrected chi connectivity index (χ3v) is 3.30. The zero-order valence-electron chi connectivity index (χ0n) is 10.4. The molecule has 0 radical (unpaired) electrons. The van der Waals surface area contributed by atoms with Gasteiger partial charge in [0.15, 0.2) is 0 Å². The first-order valence-corrected chi connectivity index (χ1v) is 6.77. The zero-order valence-corrected chi connectivity index (χ0v) is 11.9. The molecule has 0 saturated carbocycles. The van der Waals surface area contributed by atoms with E-state index < -0.39 is 0 Å². The first-order valence-electron chi connectivity index (χ1n) is 6.02. The van der Waals surface area contributed by atoms with Crippen LogP contribution < -0.4 is 4.74 Å². The van der Waals surface area contributed by atoms with E-state index in [-0.39, 0.29) is 5.28 Å². The lowest BCUT2D eigenvalue weighted by Gasteiger charge is -2.07. The lowest BCUT2D eigenvalue weighted by atomic mass is 10.2. The van der Waals surface area contributed by atoms with E-state index in [0.717, 1.165) is 10.9 Å². The third-order valence-electron chi connectivity index (χ3n) is 2.84. The summed E-state index contributed by atoms with van der Waals surface area (Å²) in [5, 5.41) is 1.22. The number of ether oxygens (including phenoxy) is 1. The Morgan fingerprint density at radius 2 is 1.75 bits per heavy atom. The molecule has 0 bridgehead atoms. The summed E-state index contributed by atoms with van der Waals surface area (Å²) in [6.07, 6.45) is 0. The summed E-state index contributed by atoms with van der Waals surface area (Å²) in [4.78, 5) is 8.05. The van der Waals surface area contributed by atoms with Gasteiger partial charge in [0.1, 0.15) is 17.5 Å². The van der Waals surface area contributed by atoms with Crippen molar-refractivity contribution in [2.24, 2.45) is 0 Å². The molecule has 2 aromatic carbocycles. The monoisotopic (exact) mass is 304 g/mol. The maximum atomic E-state index is 6.01. The summed E-state index contributed by atoms with van der Waals surface area (Å²) < 4.78 is 5.73. The molecule has 1 aromatic heterocycles. The first kappa shape index (κ1) is 13.2. The molecule has 100 valence electrons. The molecular formula is C15H10Cl2N2O. The van der Waals surface area contributed by atoms with E-state index in [2.05, 4.69) is 9.97 Å². The minimum Gasteiger partial charge on any atom is -0.489 e. The number of benzene rings is 2. The van der Waals surface area contributed by atoms with Gasteiger partial charge in [-0.1, -0.05) is 41.9 Å². The molecule has 3 nitrogen and oxygen atoms in total. The number of fused-ring (bicyclic) bond motifs is 1. The maximum absolute atomic E-state index is 6.01. The second-order valence-corrected chi connectivity index (χ2v) is 4.93. The van der Waals surface area contributed by atoms with Gasteiger partial charge in [-0.3, -0.25) is 0 Å². The second-order valence-electron chi connectivity index (χ2n) is 4.24. The van der Waals surface area contributed by atoms with Gasteiger partial charge in [-0.25, -0.2) is 9.97 Å². The normalized spacial score (nSPS) is 10.7. The lowest BCUT2D eigenvalue weighted by molar-refractivity contribution is 0.306. The van der Waals surface area contributed by atoms with E-state index >= 15 is 0 Å². The number of aromatic nitrogens is 2. The molecule has 0 unspecified atom stereocenters. The highest BCUT2D eigenvalue weighted by Gasteiger charge is 2.06. The van der Waals surface area contributed by atoms with Crippen LogP contribution >= 0.6 is 23.2 Å². The summed E-state index contributed by atoms with van der Waals surface area (Å²) in [6, 6.07) is 15.4. The van der Waals surface area contributed by atoms with Crippen molar-refractivity contribution in [1.29, 1.82) is 0 Å². The molecule has 20 heavy (non-hydrogen) atoms. The van der Waals surface area contributed by atoms with Gasteiger partial charge in [0.25, 0.3) is 0 Å². The van der Waals surface area contributed by atoms with E-state index in [4.69, 9.17) is 27.9 Å². The van der Waals surface area contributed by atoms with Crippen LogP contribution in [-0.4, -0.2) is 9.97 Å². The summed E-state index contributed by atoms with van der Waals surface area (Å²) in [7, 11) is 0. The summed E-state index contributed by atoms with van der Waals surface area (Å²) in [6.45, 7) is 0.499. The summed E-state index contributed by atoms with van der Waals surface area (Å²) in [5.74, 6) is 0.715.